The molecule has 2 nitrogen and oxygen atoms in total. The Morgan fingerprint density at radius 3 is 1.75 bits per heavy atom. The monoisotopic (exact) mass is 305 g/mol. The van der Waals surface area contributed by atoms with E-state index in [0.29, 0.717) is 0 Å². The molecular weight excluding hydrogens is 292 g/mol. The Bertz CT molecular complexity index is 1160. The van der Waals surface area contributed by atoms with Crippen LogP contribution in [0, 0.1) is 6.20 Å². The minimum absolute atomic E-state index is 0.781. The van der Waals surface area contributed by atoms with Crippen LogP contribution in [0.25, 0.3) is 43.8 Å². The Kier molecular flexibility index (Phi) is 2.83. The molecule has 0 atom stereocenters. The van der Waals surface area contributed by atoms with Crippen molar-refractivity contribution in [1.82, 2.24) is 9.97 Å². The number of nitrogens with zero attached hydrogens (tertiary/aromatic N) is 2. The van der Waals surface area contributed by atoms with Crippen molar-refractivity contribution >= 4 is 32.6 Å². The molecule has 0 bridgehead atoms. The standard InChI is InChI=1S/C22H13N2/c1-2-8-15(9-3-1)20-14-23-21-18-12-6-4-10-16(18)17-11-5-7-13-19(17)22(21)24-20/h1-13H. The SMILES string of the molecule is [c]1nc2c3ccccc3c3ccccc3c2nc1-c1ccccc1. The van der Waals surface area contributed by atoms with Gasteiger partial charge in [-0.05, 0) is 10.8 Å². The zero-order valence-electron chi connectivity index (χ0n) is 12.9. The summed E-state index contributed by atoms with van der Waals surface area (Å²) in [5.41, 5.74) is 3.65. The maximum atomic E-state index is 4.91. The first-order valence-corrected chi connectivity index (χ1v) is 7.96. The summed E-state index contributed by atoms with van der Waals surface area (Å²) in [6, 6.07) is 26.8. The largest absolute Gasteiger partial charge is 0.243 e. The van der Waals surface area contributed by atoms with Gasteiger partial charge >= 0.3 is 0 Å². The van der Waals surface area contributed by atoms with Crippen LogP contribution in [0.3, 0.4) is 0 Å². The quantitative estimate of drug-likeness (QED) is 0.387. The molecule has 0 amide bonds. The summed E-state index contributed by atoms with van der Waals surface area (Å²) in [7, 11) is 0. The molecule has 0 aliphatic heterocycles. The van der Waals surface area contributed by atoms with Crippen LogP contribution in [-0.4, -0.2) is 9.97 Å². The zero-order chi connectivity index (χ0) is 15.9. The van der Waals surface area contributed by atoms with E-state index in [4.69, 9.17) is 4.98 Å². The Balaban J connectivity index is 1.96. The molecule has 4 aromatic carbocycles. The molecule has 0 spiro atoms. The molecule has 1 radical (unpaired) electrons. The van der Waals surface area contributed by atoms with E-state index in [-0.39, 0.29) is 0 Å². The molecule has 5 rings (SSSR count). The predicted octanol–water partition coefficient (Wildman–Crippen LogP) is 5.40. The van der Waals surface area contributed by atoms with Crippen molar-refractivity contribution in [3.05, 3.63) is 85.1 Å². The van der Waals surface area contributed by atoms with E-state index in [0.717, 1.165) is 33.1 Å². The summed E-state index contributed by atoms with van der Waals surface area (Å²) in [5, 5.41) is 4.66. The van der Waals surface area contributed by atoms with Gasteiger partial charge in [0.15, 0.2) is 0 Å². The Morgan fingerprint density at radius 2 is 1.08 bits per heavy atom. The zero-order valence-corrected chi connectivity index (χ0v) is 12.9. The summed E-state index contributed by atoms with van der Waals surface area (Å²) in [5.74, 6) is 0. The lowest BCUT2D eigenvalue weighted by molar-refractivity contribution is 1.29. The first-order chi connectivity index (χ1) is 11.9. The third kappa shape index (κ3) is 1.90. The minimum Gasteiger partial charge on any atom is -0.243 e. The first-order valence-electron chi connectivity index (χ1n) is 7.96. The molecule has 0 saturated heterocycles. The smallest absolute Gasteiger partial charge is 0.118 e. The second-order valence-electron chi connectivity index (χ2n) is 5.84. The maximum Gasteiger partial charge on any atom is 0.118 e. The van der Waals surface area contributed by atoms with Gasteiger partial charge in [-0.1, -0.05) is 78.9 Å². The Morgan fingerprint density at radius 1 is 0.542 bits per heavy atom. The highest BCUT2D eigenvalue weighted by atomic mass is 14.8. The minimum atomic E-state index is 0.781. The Labute approximate surface area is 139 Å². The molecule has 0 N–H and O–H groups in total. The van der Waals surface area contributed by atoms with Crippen molar-refractivity contribution in [2.75, 3.05) is 0 Å². The second-order valence-corrected chi connectivity index (χ2v) is 5.84. The lowest BCUT2D eigenvalue weighted by Gasteiger charge is -2.09. The summed E-state index contributed by atoms with van der Waals surface area (Å²) in [6.45, 7) is 0. The van der Waals surface area contributed by atoms with Gasteiger partial charge in [-0.25, -0.2) is 9.97 Å². The van der Waals surface area contributed by atoms with Gasteiger partial charge in [-0.2, -0.15) is 0 Å². The summed E-state index contributed by atoms with van der Waals surface area (Å²) >= 11 is 0. The van der Waals surface area contributed by atoms with Crippen molar-refractivity contribution in [1.29, 1.82) is 0 Å². The third-order valence-electron chi connectivity index (χ3n) is 4.42. The van der Waals surface area contributed by atoms with Gasteiger partial charge in [0.1, 0.15) is 6.20 Å². The van der Waals surface area contributed by atoms with E-state index in [9.17, 15) is 0 Å². The van der Waals surface area contributed by atoms with Crippen LogP contribution in [0.4, 0.5) is 0 Å². The number of rotatable bonds is 1. The van der Waals surface area contributed by atoms with Crippen molar-refractivity contribution in [3.8, 4) is 11.3 Å². The van der Waals surface area contributed by atoms with Crippen LogP contribution in [0.1, 0.15) is 0 Å². The molecular formula is C22H13N2. The molecule has 1 heterocycles. The van der Waals surface area contributed by atoms with Gasteiger partial charge < -0.3 is 0 Å². The van der Waals surface area contributed by atoms with Crippen LogP contribution in [-0.2, 0) is 0 Å². The number of benzene rings is 4. The topological polar surface area (TPSA) is 25.8 Å². The molecule has 0 saturated carbocycles. The molecule has 0 unspecified atom stereocenters. The maximum absolute atomic E-state index is 4.91. The molecule has 0 aliphatic carbocycles. The van der Waals surface area contributed by atoms with Crippen LogP contribution >= 0.6 is 0 Å². The lowest BCUT2D eigenvalue weighted by atomic mass is 9.99. The van der Waals surface area contributed by atoms with Crippen LogP contribution in [0.2, 0.25) is 0 Å². The van der Waals surface area contributed by atoms with Gasteiger partial charge in [0.05, 0.1) is 16.7 Å². The van der Waals surface area contributed by atoms with Gasteiger partial charge in [0.2, 0.25) is 0 Å². The van der Waals surface area contributed by atoms with E-state index in [1.165, 1.54) is 10.8 Å². The van der Waals surface area contributed by atoms with Gasteiger partial charge in [-0.15, -0.1) is 0 Å². The highest BCUT2D eigenvalue weighted by molar-refractivity contribution is 6.23. The highest BCUT2D eigenvalue weighted by Gasteiger charge is 2.11. The van der Waals surface area contributed by atoms with Gasteiger partial charge in [0.25, 0.3) is 0 Å². The number of hydrogen-bond donors (Lipinski definition) is 0. The number of aromatic nitrogens is 2. The van der Waals surface area contributed by atoms with E-state index in [1.807, 2.05) is 36.4 Å². The third-order valence-corrected chi connectivity index (χ3v) is 4.42. The lowest BCUT2D eigenvalue weighted by Crippen LogP contribution is -1.92. The fraction of sp³-hybridized carbons (Fsp3) is 0. The molecule has 1 aromatic heterocycles. The summed E-state index contributed by atoms with van der Waals surface area (Å²) in [6.07, 6.45) is 3.12. The second kappa shape index (κ2) is 5.14. The molecule has 24 heavy (non-hydrogen) atoms. The summed E-state index contributed by atoms with van der Waals surface area (Å²) < 4.78 is 0. The highest BCUT2D eigenvalue weighted by Crippen LogP contribution is 2.33. The molecule has 2 heteroatoms. The van der Waals surface area contributed by atoms with Gasteiger partial charge in [0, 0.05) is 16.3 Å². The van der Waals surface area contributed by atoms with Crippen molar-refractivity contribution in [2.24, 2.45) is 0 Å². The normalized spacial score (nSPS) is 11.3. The van der Waals surface area contributed by atoms with E-state index < -0.39 is 0 Å². The molecule has 5 aromatic rings. The fourth-order valence-electron chi connectivity index (χ4n) is 3.30. The number of hydrogen-bond acceptors (Lipinski definition) is 2. The number of fused-ring (bicyclic) bond motifs is 6. The predicted molar refractivity (Wildman–Crippen MR) is 98.8 cm³/mol. The van der Waals surface area contributed by atoms with Crippen molar-refractivity contribution < 1.29 is 0 Å². The van der Waals surface area contributed by atoms with Crippen molar-refractivity contribution in [3.63, 3.8) is 0 Å². The molecule has 111 valence electrons. The van der Waals surface area contributed by atoms with E-state index in [1.54, 1.807) is 0 Å². The van der Waals surface area contributed by atoms with Crippen molar-refractivity contribution in [2.45, 2.75) is 0 Å². The van der Waals surface area contributed by atoms with Crippen LogP contribution in [0.15, 0.2) is 78.9 Å². The Hall–Kier alpha value is -3.26. The average Bonchev–Trinajstić information content (AvgIpc) is 2.68. The van der Waals surface area contributed by atoms with Crippen LogP contribution in [0.5, 0.6) is 0 Å². The van der Waals surface area contributed by atoms with E-state index in [2.05, 4.69) is 53.6 Å². The molecule has 0 fully saturated rings. The fourth-order valence-corrected chi connectivity index (χ4v) is 3.30. The summed E-state index contributed by atoms with van der Waals surface area (Å²) in [4.78, 5) is 9.55. The van der Waals surface area contributed by atoms with Gasteiger partial charge in [-0.3, -0.25) is 0 Å². The molecule has 0 aliphatic rings. The average molecular weight is 305 g/mol. The van der Waals surface area contributed by atoms with Crippen LogP contribution < -0.4 is 0 Å². The van der Waals surface area contributed by atoms with E-state index >= 15 is 0 Å². The first kappa shape index (κ1) is 13.2.